The molecule has 0 bridgehead atoms. The predicted octanol–water partition coefficient (Wildman–Crippen LogP) is 2.60. The Morgan fingerprint density at radius 3 is 2.89 bits per heavy atom. The van der Waals surface area contributed by atoms with E-state index in [9.17, 15) is 0 Å². The first-order valence-corrected chi connectivity index (χ1v) is 4.03. The summed E-state index contributed by atoms with van der Waals surface area (Å²) in [6.45, 7) is 2.19. The zero-order valence-electron chi connectivity index (χ0n) is 5.42. The van der Waals surface area contributed by atoms with Crippen molar-refractivity contribution >= 4 is 29.0 Å². The first-order valence-electron chi connectivity index (χ1n) is 3.18. The van der Waals surface area contributed by atoms with Gasteiger partial charge in [-0.2, -0.15) is 0 Å². The summed E-state index contributed by atoms with van der Waals surface area (Å²) in [4.78, 5) is 0. The van der Waals surface area contributed by atoms with Crippen LogP contribution in [0.5, 0.6) is 0 Å². The van der Waals surface area contributed by atoms with E-state index in [-0.39, 0.29) is 0 Å². The Morgan fingerprint density at radius 1 is 2.00 bits per heavy atom. The maximum Gasteiger partial charge on any atom is 0.0704 e. The highest BCUT2D eigenvalue weighted by atomic mass is 32.1. The molecule has 0 amide bonds. The van der Waals surface area contributed by atoms with E-state index >= 15 is 0 Å². The molecule has 0 aromatic carbocycles. The van der Waals surface area contributed by atoms with E-state index in [1.54, 1.807) is 0 Å². The predicted molar refractivity (Wildman–Crippen MR) is 48.1 cm³/mol. The summed E-state index contributed by atoms with van der Waals surface area (Å²) >= 11 is 8.93. The van der Waals surface area contributed by atoms with Crippen LogP contribution in [-0.2, 0) is 0 Å². The summed E-state index contributed by atoms with van der Waals surface area (Å²) in [5.41, 5.74) is 1.26. The fourth-order valence-electron chi connectivity index (χ4n) is 0.954. The number of allylic oxidation sites excluding steroid dienone is 1. The van der Waals surface area contributed by atoms with E-state index in [0.717, 1.165) is 16.5 Å². The second kappa shape index (κ2) is 2.84. The second-order valence-electron chi connectivity index (χ2n) is 2.37. The topological polar surface area (TPSA) is 0 Å². The molecule has 0 spiro atoms. The molecule has 9 heavy (non-hydrogen) atoms. The third-order valence-electron chi connectivity index (χ3n) is 1.72. The molecular weight excluding hydrogens is 148 g/mol. The largest absolute Gasteiger partial charge is 0.132 e. The van der Waals surface area contributed by atoms with E-state index in [1.165, 1.54) is 12.0 Å². The van der Waals surface area contributed by atoms with Gasteiger partial charge in [0.2, 0.25) is 0 Å². The Hall–Kier alpha value is 0.180. The molecule has 1 aliphatic rings. The van der Waals surface area contributed by atoms with Crippen LogP contribution in [0.15, 0.2) is 11.6 Å². The van der Waals surface area contributed by atoms with Crippen molar-refractivity contribution in [3.05, 3.63) is 11.6 Å². The molecule has 50 valence electrons. The van der Waals surface area contributed by atoms with Crippen LogP contribution in [0.4, 0.5) is 0 Å². The fourth-order valence-corrected chi connectivity index (χ4v) is 1.27. The zero-order chi connectivity index (χ0) is 6.85. The van der Waals surface area contributed by atoms with E-state index in [0.29, 0.717) is 0 Å². The van der Waals surface area contributed by atoms with Crippen LogP contribution in [-0.4, -0.2) is 4.20 Å². The summed E-state index contributed by atoms with van der Waals surface area (Å²) < 4.78 is 0.778. The third kappa shape index (κ3) is 1.55. The minimum absolute atomic E-state index is 0.778. The van der Waals surface area contributed by atoms with Crippen molar-refractivity contribution in [1.82, 2.24) is 0 Å². The van der Waals surface area contributed by atoms with E-state index in [1.807, 2.05) is 0 Å². The Bertz CT molecular complexity index is 158. The highest BCUT2D eigenvalue weighted by Crippen LogP contribution is 2.30. The highest BCUT2D eigenvalue weighted by molar-refractivity contribution is 8.11. The first kappa shape index (κ1) is 7.29. The van der Waals surface area contributed by atoms with Gasteiger partial charge in [-0.05, 0) is 24.3 Å². The molecule has 1 atom stereocenters. The average Bonchev–Trinajstić information content (AvgIpc) is 1.61. The quantitative estimate of drug-likeness (QED) is 0.476. The van der Waals surface area contributed by atoms with E-state index in [2.05, 4.69) is 25.6 Å². The van der Waals surface area contributed by atoms with Gasteiger partial charge in [-0.25, -0.2) is 0 Å². The maximum atomic E-state index is 4.87. The number of thiocarbonyl (C=S) groups is 1. The zero-order valence-corrected chi connectivity index (χ0v) is 7.14. The van der Waals surface area contributed by atoms with Crippen LogP contribution >= 0.6 is 24.8 Å². The van der Waals surface area contributed by atoms with Gasteiger partial charge in [0, 0.05) is 0 Å². The van der Waals surface area contributed by atoms with Gasteiger partial charge in [-0.3, -0.25) is 0 Å². The normalized spacial score (nSPS) is 24.7. The van der Waals surface area contributed by atoms with Gasteiger partial charge < -0.3 is 0 Å². The second-order valence-corrected chi connectivity index (χ2v) is 3.53. The summed E-state index contributed by atoms with van der Waals surface area (Å²) in [6, 6.07) is 0. The van der Waals surface area contributed by atoms with Gasteiger partial charge in [-0.1, -0.05) is 25.2 Å². The lowest BCUT2D eigenvalue weighted by molar-refractivity contribution is 0.577. The lowest BCUT2D eigenvalue weighted by atomic mass is 9.86. The molecule has 0 N–H and O–H groups in total. The van der Waals surface area contributed by atoms with Crippen LogP contribution in [0.3, 0.4) is 0 Å². The molecule has 0 saturated carbocycles. The van der Waals surface area contributed by atoms with Crippen molar-refractivity contribution in [2.24, 2.45) is 5.92 Å². The maximum absolute atomic E-state index is 4.87. The molecule has 1 aliphatic carbocycles. The van der Waals surface area contributed by atoms with E-state index < -0.39 is 0 Å². The Morgan fingerprint density at radius 2 is 2.56 bits per heavy atom. The Kier molecular flexibility index (Phi) is 2.30. The molecular formula is C7H10S2. The fraction of sp³-hybridized carbons (Fsp3) is 0.571. The van der Waals surface area contributed by atoms with E-state index in [4.69, 9.17) is 12.2 Å². The highest BCUT2D eigenvalue weighted by Gasteiger charge is 2.17. The van der Waals surface area contributed by atoms with Crippen LogP contribution < -0.4 is 0 Å². The summed E-state index contributed by atoms with van der Waals surface area (Å²) in [5.74, 6) is 0.782. The minimum atomic E-state index is 0.778. The summed E-state index contributed by atoms with van der Waals surface area (Å²) in [7, 11) is 0. The van der Waals surface area contributed by atoms with Gasteiger partial charge >= 0.3 is 0 Å². The molecule has 0 heterocycles. The number of rotatable bonds is 2. The first-order chi connectivity index (χ1) is 4.24. The molecule has 0 saturated heterocycles. The lowest BCUT2D eigenvalue weighted by Crippen LogP contribution is -2.11. The van der Waals surface area contributed by atoms with Crippen molar-refractivity contribution in [2.45, 2.75) is 19.8 Å². The Balaban J connectivity index is 2.44. The molecule has 0 aromatic heterocycles. The molecule has 0 radical (unpaired) electrons. The van der Waals surface area contributed by atoms with Gasteiger partial charge in [0.05, 0.1) is 4.20 Å². The van der Waals surface area contributed by atoms with Crippen molar-refractivity contribution in [3.8, 4) is 0 Å². The molecule has 0 aliphatic heterocycles. The monoisotopic (exact) mass is 158 g/mol. The average molecular weight is 158 g/mol. The minimum Gasteiger partial charge on any atom is -0.132 e. The standard InChI is InChI=1S/C7H10S2/c1-2-5-3-6(4-5)7(8)9/h3,5H,2,4H2,1H3,(H,8,9). The Labute approximate surface area is 66.7 Å². The van der Waals surface area contributed by atoms with Crippen LogP contribution in [0, 0.1) is 5.92 Å². The van der Waals surface area contributed by atoms with Crippen LogP contribution in [0.1, 0.15) is 19.8 Å². The molecule has 1 rings (SSSR count). The number of thiol groups is 1. The van der Waals surface area contributed by atoms with Crippen LogP contribution in [0.25, 0.3) is 0 Å². The number of hydrogen-bond acceptors (Lipinski definition) is 1. The van der Waals surface area contributed by atoms with Crippen molar-refractivity contribution in [3.63, 3.8) is 0 Å². The van der Waals surface area contributed by atoms with Gasteiger partial charge in [0.1, 0.15) is 0 Å². The molecule has 2 heteroatoms. The lowest BCUT2D eigenvalue weighted by Gasteiger charge is -2.22. The molecule has 1 unspecified atom stereocenters. The third-order valence-corrected chi connectivity index (χ3v) is 2.27. The van der Waals surface area contributed by atoms with Crippen molar-refractivity contribution < 1.29 is 0 Å². The smallest absolute Gasteiger partial charge is 0.0704 e. The molecule has 0 nitrogen and oxygen atoms in total. The summed E-state index contributed by atoms with van der Waals surface area (Å²) in [6.07, 6.45) is 4.61. The summed E-state index contributed by atoms with van der Waals surface area (Å²) in [5, 5.41) is 0. The number of hydrogen-bond donors (Lipinski definition) is 1. The van der Waals surface area contributed by atoms with Gasteiger partial charge in [-0.15, -0.1) is 12.6 Å². The van der Waals surface area contributed by atoms with Crippen molar-refractivity contribution in [2.75, 3.05) is 0 Å². The van der Waals surface area contributed by atoms with Gasteiger partial charge in [0.25, 0.3) is 0 Å². The van der Waals surface area contributed by atoms with Crippen molar-refractivity contribution in [1.29, 1.82) is 0 Å². The SMILES string of the molecule is CCC1C=C(C(=S)S)C1. The van der Waals surface area contributed by atoms with Crippen LogP contribution in [0.2, 0.25) is 0 Å². The van der Waals surface area contributed by atoms with Gasteiger partial charge in [0.15, 0.2) is 0 Å². The molecule has 0 fully saturated rings. The molecule has 0 aromatic rings.